The highest BCUT2D eigenvalue weighted by Crippen LogP contribution is 2.32. The van der Waals surface area contributed by atoms with E-state index in [0.717, 1.165) is 11.1 Å². The summed E-state index contributed by atoms with van der Waals surface area (Å²) < 4.78 is 5.52. The summed E-state index contributed by atoms with van der Waals surface area (Å²) in [6, 6.07) is 9.53. The molecule has 8 N–H and O–H groups in total. The number of likely N-dealkylation sites (tertiary alicyclic amines) is 1. The van der Waals surface area contributed by atoms with Crippen LogP contribution in [0.3, 0.4) is 0 Å². The van der Waals surface area contributed by atoms with Gasteiger partial charge in [-0.1, -0.05) is 6.07 Å². The minimum atomic E-state index is -0.721. The van der Waals surface area contributed by atoms with Crippen molar-refractivity contribution >= 4 is 23.3 Å². The zero-order valence-electron chi connectivity index (χ0n) is 25.7. The molecular formula is C30H40N12O3. The number of hydrogen-bond acceptors (Lipinski definition) is 11. The lowest BCUT2D eigenvalue weighted by molar-refractivity contribution is 0.0179. The van der Waals surface area contributed by atoms with Gasteiger partial charge >= 0.3 is 6.09 Å². The summed E-state index contributed by atoms with van der Waals surface area (Å²) >= 11 is 0. The van der Waals surface area contributed by atoms with E-state index in [-0.39, 0.29) is 17.8 Å². The van der Waals surface area contributed by atoms with Crippen molar-refractivity contribution in [3.05, 3.63) is 82.3 Å². The molecule has 2 aromatic heterocycles. The topological polar surface area (TPSA) is 220 Å². The molecule has 1 aromatic carbocycles. The predicted octanol–water partition coefficient (Wildman–Crippen LogP) is 2.65. The maximum atomic E-state index is 13.1. The number of H-pyrrole nitrogens is 1. The molecule has 15 heteroatoms. The summed E-state index contributed by atoms with van der Waals surface area (Å²) in [6.45, 7) is 6.88. The number of nitrogens with zero attached hydrogens (tertiary/aromatic N) is 6. The van der Waals surface area contributed by atoms with Gasteiger partial charge < -0.3 is 36.0 Å². The molecule has 0 bridgehead atoms. The Morgan fingerprint density at radius 2 is 1.93 bits per heavy atom. The molecule has 3 heterocycles. The lowest BCUT2D eigenvalue weighted by Gasteiger charge is -2.42. The molecule has 1 aliphatic rings. The summed E-state index contributed by atoms with van der Waals surface area (Å²) in [5.41, 5.74) is 6.36. The van der Waals surface area contributed by atoms with E-state index in [9.17, 15) is 14.9 Å². The van der Waals surface area contributed by atoms with E-state index < -0.39 is 22.8 Å². The number of pyridine rings is 1. The second kappa shape index (κ2) is 14.0. The highest BCUT2D eigenvalue weighted by Gasteiger charge is 2.38. The van der Waals surface area contributed by atoms with Gasteiger partial charge in [-0.15, -0.1) is 0 Å². The van der Waals surface area contributed by atoms with Crippen molar-refractivity contribution in [2.75, 3.05) is 23.7 Å². The van der Waals surface area contributed by atoms with E-state index in [1.807, 2.05) is 39.0 Å². The molecule has 1 fully saturated rings. The van der Waals surface area contributed by atoms with Crippen molar-refractivity contribution in [3.63, 3.8) is 0 Å². The monoisotopic (exact) mass is 616 g/mol. The predicted molar refractivity (Wildman–Crippen MR) is 170 cm³/mol. The third-order valence-corrected chi connectivity index (χ3v) is 7.16. The molecule has 1 saturated heterocycles. The molecule has 0 radical (unpaired) electrons. The fourth-order valence-electron chi connectivity index (χ4n) is 5.14. The van der Waals surface area contributed by atoms with E-state index in [1.54, 1.807) is 23.4 Å². The number of anilines is 2. The Labute approximate surface area is 261 Å². The number of aromatic amines is 1. The minimum absolute atomic E-state index is 0.0802. The van der Waals surface area contributed by atoms with Crippen LogP contribution in [0.4, 0.5) is 16.2 Å². The summed E-state index contributed by atoms with van der Waals surface area (Å²) in [6.07, 6.45) is 8.18. The molecule has 1 aliphatic heterocycles. The van der Waals surface area contributed by atoms with Gasteiger partial charge in [-0.3, -0.25) is 10.2 Å². The van der Waals surface area contributed by atoms with Crippen molar-refractivity contribution in [1.29, 1.82) is 10.7 Å². The molecule has 0 aliphatic carbocycles. The van der Waals surface area contributed by atoms with Crippen LogP contribution in [0.1, 0.15) is 56.7 Å². The average Bonchev–Trinajstić information content (AvgIpc) is 3.45. The van der Waals surface area contributed by atoms with E-state index >= 15 is 0 Å². The maximum absolute atomic E-state index is 13.1. The number of piperidine rings is 1. The van der Waals surface area contributed by atoms with Gasteiger partial charge in [-0.25, -0.2) is 10.6 Å². The van der Waals surface area contributed by atoms with Crippen molar-refractivity contribution < 1.29 is 9.53 Å². The second-order valence-electron chi connectivity index (χ2n) is 11.9. The number of amides is 1. The van der Waals surface area contributed by atoms with Gasteiger partial charge in [0.2, 0.25) is 0 Å². The zero-order chi connectivity index (χ0) is 32.6. The third kappa shape index (κ3) is 8.83. The Kier molecular flexibility index (Phi) is 10.1. The molecular weight excluding hydrogens is 576 g/mol. The maximum Gasteiger partial charge on any atom is 0.410 e. The first-order chi connectivity index (χ1) is 21.4. The molecule has 0 saturated carbocycles. The van der Waals surface area contributed by atoms with Gasteiger partial charge in [0, 0.05) is 37.4 Å². The van der Waals surface area contributed by atoms with Gasteiger partial charge in [-0.05, 0) is 62.9 Å². The second-order valence-corrected chi connectivity index (χ2v) is 11.9. The molecule has 45 heavy (non-hydrogen) atoms. The Hall–Kier alpha value is -5.36. The van der Waals surface area contributed by atoms with Gasteiger partial charge in [0.05, 0.1) is 49.2 Å². The Balaban J connectivity index is 1.58. The number of nitrogens with two attached hydrogens (primary N) is 2. The van der Waals surface area contributed by atoms with Crippen molar-refractivity contribution in [2.24, 2.45) is 11.6 Å². The molecule has 15 nitrogen and oxygen atoms in total. The number of benzene rings is 1. The molecule has 1 amide bonds. The summed E-state index contributed by atoms with van der Waals surface area (Å²) in [7, 11) is 0. The first kappa shape index (κ1) is 32.6. The quantitative estimate of drug-likeness (QED) is 0.0841. The number of carbonyl (C=O) groups is 1. The lowest BCUT2D eigenvalue weighted by atomic mass is 9.84. The molecule has 0 unspecified atom stereocenters. The van der Waals surface area contributed by atoms with Crippen LogP contribution in [0.25, 0.3) is 0 Å². The van der Waals surface area contributed by atoms with E-state index in [1.165, 1.54) is 28.4 Å². The normalized spacial score (nSPS) is 14.5. The fraction of sp³-hybridized carbons (Fsp3) is 0.400. The van der Waals surface area contributed by atoms with Gasteiger partial charge in [0.25, 0.3) is 5.56 Å². The van der Waals surface area contributed by atoms with Crippen molar-refractivity contribution in [2.45, 2.75) is 64.3 Å². The van der Waals surface area contributed by atoms with Crippen LogP contribution >= 0.6 is 0 Å². The Morgan fingerprint density at radius 1 is 1.24 bits per heavy atom. The molecule has 4 rings (SSSR count). The van der Waals surface area contributed by atoms with Crippen LogP contribution in [-0.2, 0) is 17.8 Å². The van der Waals surface area contributed by atoms with E-state index in [4.69, 9.17) is 21.7 Å². The van der Waals surface area contributed by atoms with Gasteiger partial charge in [0.15, 0.2) is 0 Å². The van der Waals surface area contributed by atoms with E-state index in [0.29, 0.717) is 50.4 Å². The van der Waals surface area contributed by atoms with Crippen LogP contribution in [0, 0.1) is 16.7 Å². The SMILES string of the molecule is CC(C)(C)OC(=O)N1CCC(CC#N)(Nc2cc[nH]c(=O)c2C(=N)Nc2cc(CN(N)/C=C\N)cc(Cn3nccn3)c2)CC1. The van der Waals surface area contributed by atoms with Crippen LogP contribution < -0.4 is 27.8 Å². The number of nitriles is 1. The molecule has 3 aromatic rings. The third-order valence-electron chi connectivity index (χ3n) is 7.16. The highest BCUT2D eigenvalue weighted by molar-refractivity contribution is 6.09. The number of hydrazine groups is 1. The smallest absolute Gasteiger partial charge is 0.410 e. The number of aromatic nitrogens is 4. The Morgan fingerprint density at radius 3 is 2.58 bits per heavy atom. The zero-order valence-corrected chi connectivity index (χ0v) is 25.7. The van der Waals surface area contributed by atoms with Crippen LogP contribution in [0.15, 0.2) is 60.1 Å². The van der Waals surface area contributed by atoms with Crippen molar-refractivity contribution in [1.82, 2.24) is 29.9 Å². The van der Waals surface area contributed by atoms with Gasteiger partial charge in [-0.2, -0.15) is 20.3 Å². The first-order valence-electron chi connectivity index (χ1n) is 14.5. The number of carbonyl (C=O) groups excluding carboxylic acids is 1. The number of ether oxygens (including phenoxy) is 1. The van der Waals surface area contributed by atoms with Gasteiger partial charge in [0.1, 0.15) is 17.0 Å². The summed E-state index contributed by atoms with van der Waals surface area (Å²) in [4.78, 5) is 31.6. The minimum Gasteiger partial charge on any atom is -0.444 e. The standard InChI is InChI=1S/C30H40N12O3/c1-29(2,3)45-28(44)40-13-6-30(5-8-31,7-14-40)39-24-4-10-35-27(43)25(24)26(33)38-23-17-21(19-41(34)15-9-32)16-22(18-23)20-42-36-11-12-37-42/h4,9-12,15-18H,5-7,13-14,19-20,32,34H2,1-3H3,(H2,33,38)(H2,35,39,43)/b15-9-. The molecule has 0 atom stereocenters. The highest BCUT2D eigenvalue weighted by atomic mass is 16.6. The van der Waals surface area contributed by atoms with E-state index in [2.05, 4.69) is 31.9 Å². The summed E-state index contributed by atoms with van der Waals surface area (Å²) in [5, 5.41) is 34.9. The first-order valence-corrected chi connectivity index (χ1v) is 14.5. The van der Waals surface area contributed by atoms with Crippen LogP contribution in [-0.4, -0.2) is 66.0 Å². The van der Waals surface area contributed by atoms with Crippen molar-refractivity contribution in [3.8, 4) is 6.07 Å². The Bertz CT molecular complexity index is 1610. The fourth-order valence-corrected chi connectivity index (χ4v) is 5.14. The van der Waals surface area contributed by atoms with Crippen LogP contribution in [0.2, 0.25) is 0 Å². The number of nitrogens with one attached hydrogen (secondary N) is 4. The largest absolute Gasteiger partial charge is 0.444 e. The van der Waals surface area contributed by atoms with Crippen LogP contribution in [0.5, 0.6) is 0 Å². The number of hydrogen-bond donors (Lipinski definition) is 6. The average molecular weight is 617 g/mol. The summed E-state index contributed by atoms with van der Waals surface area (Å²) in [5.74, 6) is 5.88. The molecule has 238 valence electrons. The molecule has 0 spiro atoms. The number of amidine groups is 1. The lowest BCUT2D eigenvalue weighted by Crippen LogP contribution is -2.51. The number of rotatable bonds is 10.